The monoisotopic (exact) mass is 262 g/mol. The van der Waals surface area contributed by atoms with Gasteiger partial charge in [-0.15, -0.1) is 0 Å². The molecule has 1 heterocycles. The van der Waals surface area contributed by atoms with E-state index in [0.717, 1.165) is 24.2 Å². The number of para-hydroxylation sites is 1. The standard InChI is InChI=1S/C15H18O4/c16-10-7-12-11-5-1-3-9(4-2-6-14(17)18)15(11)19-13(12)8-10/h1,3,5,10,12-13,16H,2,4,6-8H2,(H,17,18). The molecule has 19 heavy (non-hydrogen) atoms. The molecular formula is C15H18O4. The summed E-state index contributed by atoms with van der Waals surface area (Å²) in [6.45, 7) is 0. The number of ether oxygens (including phenoxy) is 1. The van der Waals surface area contributed by atoms with Gasteiger partial charge in [-0.1, -0.05) is 18.2 Å². The average molecular weight is 262 g/mol. The molecule has 1 aromatic rings. The van der Waals surface area contributed by atoms with Gasteiger partial charge in [0.05, 0.1) is 6.10 Å². The first-order valence-electron chi connectivity index (χ1n) is 6.83. The Morgan fingerprint density at radius 3 is 3.00 bits per heavy atom. The molecule has 0 aromatic heterocycles. The first kappa shape index (κ1) is 12.5. The van der Waals surface area contributed by atoms with E-state index in [1.54, 1.807) is 0 Å². The number of fused-ring (bicyclic) bond motifs is 3. The van der Waals surface area contributed by atoms with E-state index in [2.05, 4.69) is 6.07 Å². The number of carboxylic acid groups (broad SMARTS) is 1. The molecule has 4 heteroatoms. The number of aryl methyl sites for hydroxylation is 1. The van der Waals surface area contributed by atoms with Crippen LogP contribution < -0.4 is 4.74 Å². The van der Waals surface area contributed by atoms with Crippen molar-refractivity contribution in [3.8, 4) is 5.75 Å². The molecule has 2 N–H and O–H groups in total. The predicted octanol–water partition coefficient (Wildman–Crippen LogP) is 2.09. The Hall–Kier alpha value is -1.55. The smallest absolute Gasteiger partial charge is 0.303 e. The zero-order valence-corrected chi connectivity index (χ0v) is 10.7. The minimum Gasteiger partial charge on any atom is -0.489 e. The third-order valence-electron chi connectivity index (χ3n) is 4.11. The predicted molar refractivity (Wildman–Crippen MR) is 69.4 cm³/mol. The van der Waals surface area contributed by atoms with Crippen LogP contribution in [-0.4, -0.2) is 28.4 Å². The van der Waals surface area contributed by atoms with Crippen molar-refractivity contribution in [2.45, 2.75) is 50.2 Å². The van der Waals surface area contributed by atoms with Gasteiger partial charge < -0.3 is 14.9 Å². The second-order valence-electron chi connectivity index (χ2n) is 5.47. The van der Waals surface area contributed by atoms with Crippen molar-refractivity contribution in [1.82, 2.24) is 0 Å². The highest BCUT2D eigenvalue weighted by Gasteiger charge is 2.42. The number of aliphatic hydroxyl groups is 1. The number of hydrogen-bond acceptors (Lipinski definition) is 3. The van der Waals surface area contributed by atoms with Crippen LogP contribution in [0.3, 0.4) is 0 Å². The second kappa shape index (κ2) is 4.85. The summed E-state index contributed by atoms with van der Waals surface area (Å²) in [5.41, 5.74) is 2.29. The third kappa shape index (κ3) is 2.32. The summed E-state index contributed by atoms with van der Waals surface area (Å²) in [6.07, 6.45) is 2.88. The quantitative estimate of drug-likeness (QED) is 0.872. The molecule has 1 fully saturated rings. The second-order valence-corrected chi connectivity index (χ2v) is 5.47. The Bertz CT molecular complexity index is 497. The zero-order valence-electron chi connectivity index (χ0n) is 10.7. The Morgan fingerprint density at radius 1 is 1.37 bits per heavy atom. The lowest BCUT2D eigenvalue weighted by atomic mass is 9.94. The van der Waals surface area contributed by atoms with Gasteiger partial charge in [-0.3, -0.25) is 4.79 Å². The highest BCUT2D eigenvalue weighted by molar-refractivity contribution is 5.66. The van der Waals surface area contributed by atoms with Crippen LogP contribution in [0.15, 0.2) is 18.2 Å². The van der Waals surface area contributed by atoms with Crippen molar-refractivity contribution in [2.24, 2.45) is 0 Å². The van der Waals surface area contributed by atoms with Crippen LogP contribution in [0, 0.1) is 0 Å². The summed E-state index contributed by atoms with van der Waals surface area (Å²) in [6, 6.07) is 6.09. The van der Waals surface area contributed by atoms with Crippen LogP contribution in [0.25, 0.3) is 0 Å². The topological polar surface area (TPSA) is 66.8 Å². The normalized spacial score (nSPS) is 27.7. The molecule has 4 nitrogen and oxygen atoms in total. The lowest BCUT2D eigenvalue weighted by Gasteiger charge is -2.11. The SMILES string of the molecule is O=C(O)CCCc1cccc2c1OC1CC(O)CC21. The number of aliphatic carboxylic acids is 1. The number of carbonyl (C=O) groups is 1. The first-order chi connectivity index (χ1) is 9.15. The fourth-order valence-corrected chi connectivity index (χ4v) is 3.25. The van der Waals surface area contributed by atoms with E-state index in [1.165, 1.54) is 5.56 Å². The van der Waals surface area contributed by atoms with E-state index in [-0.39, 0.29) is 18.6 Å². The summed E-state index contributed by atoms with van der Waals surface area (Å²) in [4.78, 5) is 10.6. The first-order valence-corrected chi connectivity index (χ1v) is 6.83. The van der Waals surface area contributed by atoms with Gasteiger partial charge in [0.2, 0.25) is 0 Å². The minimum absolute atomic E-state index is 0.102. The molecule has 1 aliphatic heterocycles. The molecule has 3 unspecified atom stereocenters. The maximum atomic E-state index is 10.6. The van der Waals surface area contributed by atoms with Gasteiger partial charge in [0.1, 0.15) is 11.9 Å². The van der Waals surface area contributed by atoms with Gasteiger partial charge in [0, 0.05) is 24.3 Å². The van der Waals surface area contributed by atoms with E-state index in [0.29, 0.717) is 18.8 Å². The molecule has 2 aliphatic rings. The molecule has 0 bridgehead atoms. The molecule has 0 radical (unpaired) electrons. The lowest BCUT2D eigenvalue weighted by Crippen LogP contribution is -2.12. The zero-order chi connectivity index (χ0) is 13.4. The van der Waals surface area contributed by atoms with Crippen LogP contribution in [0.4, 0.5) is 0 Å². The lowest BCUT2D eigenvalue weighted by molar-refractivity contribution is -0.137. The van der Waals surface area contributed by atoms with Crippen molar-refractivity contribution in [2.75, 3.05) is 0 Å². The molecule has 0 spiro atoms. The summed E-state index contributed by atoms with van der Waals surface area (Å²) in [5.74, 6) is 0.493. The summed E-state index contributed by atoms with van der Waals surface area (Å²) >= 11 is 0. The van der Waals surface area contributed by atoms with Crippen LogP contribution in [0.5, 0.6) is 5.75 Å². The van der Waals surface area contributed by atoms with Crippen LogP contribution >= 0.6 is 0 Å². The van der Waals surface area contributed by atoms with Crippen LogP contribution in [-0.2, 0) is 11.2 Å². The fourth-order valence-electron chi connectivity index (χ4n) is 3.25. The van der Waals surface area contributed by atoms with E-state index >= 15 is 0 Å². The maximum absolute atomic E-state index is 10.6. The third-order valence-corrected chi connectivity index (χ3v) is 4.11. The van der Waals surface area contributed by atoms with Gasteiger partial charge in [-0.2, -0.15) is 0 Å². The highest BCUT2D eigenvalue weighted by Crippen LogP contribution is 2.48. The van der Waals surface area contributed by atoms with Crippen LogP contribution in [0.2, 0.25) is 0 Å². The van der Waals surface area contributed by atoms with Crippen molar-refractivity contribution in [3.63, 3.8) is 0 Å². The Labute approximate surface area is 112 Å². The molecule has 1 aromatic carbocycles. The van der Waals surface area contributed by atoms with Gasteiger partial charge in [-0.05, 0) is 24.8 Å². The molecule has 1 aliphatic carbocycles. The van der Waals surface area contributed by atoms with Gasteiger partial charge in [0.15, 0.2) is 0 Å². The number of hydrogen-bond donors (Lipinski definition) is 2. The van der Waals surface area contributed by atoms with Crippen LogP contribution in [0.1, 0.15) is 42.7 Å². The van der Waals surface area contributed by atoms with Gasteiger partial charge in [-0.25, -0.2) is 0 Å². The van der Waals surface area contributed by atoms with E-state index in [9.17, 15) is 9.90 Å². The number of aliphatic hydroxyl groups excluding tert-OH is 1. The number of rotatable bonds is 4. The average Bonchev–Trinajstić information content (AvgIpc) is 2.85. The molecule has 102 valence electrons. The number of benzene rings is 1. The number of carboxylic acids is 1. The minimum atomic E-state index is -0.756. The molecule has 1 saturated carbocycles. The van der Waals surface area contributed by atoms with E-state index in [1.807, 2.05) is 12.1 Å². The molecule has 3 atom stereocenters. The molecule has 0 amide bonds. The van der Waals surface area contributed by atoms with Gasteiger partial charge in [0.25, 0.3) is 0 Å². The maximum Gasteiger partial charge on any atom is 0.303 e. The largest absolute Gasteiger partial charge is 0.489 e. The summed E-state index contributed by atoms with van der Waals surface area (Å²) in [7, 11) is 0. The van der Waals surface area contributed by atoms with Crippen molar-refractivity contribution >= 4 is 5.97 Å². The molecule has 3 rings (SSSR count). The summed E-state index contributed by atoms with van der Waals surface area (Å²) < 4.78 is 5.98. The van der Waals surface area contributed by atoms with E-state index in [4.69, 9.17) is 9.84 Å². The Balaban J connectivity index is 1.77. The molecule has 0 saturated heterocycles. The Morgan fingerprint density at radius 2 is 2.21 bits per heavy atom. The van der Waals surface area contributed by atoms with Crippen molar-refractivity contribution in [1.29, 1.82) is 0 Å². The highest BCUT2D eigenvalue weighted by atomic mass is 16.5. The van der Waals surface area contributed by atoms with Crippen molar-refractivity contribution in [3.05, 3.63) is 29.3 Å². The van der Waals surface area contributed by atoms with E-state index < -0.39 is 5.97 Å². The molecular weight excluding hydrogens is 244 g/mol. The van der Waals surface area contributed by atoms with Crippen molar-refractivity contribution < 1.29 is 19.7 Å². The van der Waals surface area contributed by atoms with Gasteiger partial charge >= 0.3 is 5.97 Å². The Kier molecular flexibility index (Phi) is 3.19. The fraction of sp³-hybridized carbons (Fsp3) is 0.533. The summed E-state index contributed by atoms with van der Waals surface area (Å²) in [5, 5.41) is 18.4.